The van der Waals surface area contributed by atoms with Crippen molar-refractivity contribution in [3.63, 3.8) is 0 Å². The van der Waals surface area contributed by atoms with Gasteiger partial charge >= 0.3 is 6.03 Å². The highest BCUT2D eigenvalue weighted by molar-refractivity contribution is 5.89. The first-order valence-corrected chi connectivity index (χ1v) is 9.86. The zero-order valence-corrected chi connectivity index (χ0v) is 17.0. The van der Waals surface area contributed by atoms with Gasteiger partial charge in [-0.05, 0) is 29.8 Å². The lowest BCUT2D eigenvalue weighted by Gasteiger charge is -2.20. The highest BCUT2D eigenvalue weighted by Gasteiger charge is 2.17. The Labute approximate surface area is 178 Å². The third-order valence-corrected chi connectivity index (χ3v) is 4.90. The maximum Gasteiger partial charge on any atom is 0.319 e. The number of benzene rings is 2. The van der Waals surface area contributed by atoms with Crippen LogP contribution in [0.1, 0.15) is 11.6 Å². The Kier molecular flexibility index (Phi) is 6.23. The zero-order chi connectivity index (χ0) is 21.6. The van der Waals surface area contributed by atoms with Gasteiger partial charge in [-0.1, -0.05) is 24.3 Å². The summed E-state index contributed by atoms with van der Waals surface area (Å²) in [6.07, 6.45) is 5.04. The molecule has 0 aliphatic carbocycles. The van der Waals surface area contributed by atoms with E-state index in [-0.39, 0.29) is 11.8 Å². The third kappa shape index (κ3) is 5.07. The van der Waals surface area contributed by atoms with Gasteiger partial charge in [0, 0.05) is 19.9 Å². The Balaban J connectivity index is 1.51. The molecular formula is C22H23FN6O2. The summed E-state index contributed by atoms with van der Waals surface area (Å²) in [5.41, 5.74) is 3.18. The first-order valence-electron chi connectivity index (χ1n) is 9.86. The van der Waals surface area contributed by atoms with Crippen LogP contribution in [-0.4, -0.2) is 39.1 Å². The molecule has 0 fully saturated rings. The molecule has 2 N–H and O–H groups in total. The summed E-state index contributed by atoms with van der Waals surface area (Å²) in [7, 11) is 1.62. The molecular weight excluding hydrogens is 399 g/mol. The van der Waals surface area contributed by atoms with Crippen LogP contribution in [0.3, 0.4) is 0 Å². The highest BCUT2D eigenvalue weighted by atomic mass is 19.1. The number of amides is 2. The Bertz CT molecular complexity index is 1150. The predicted molar refractivity (Wildman–Crippen MR) is 115 cm³/mol. The number of halogens is 1. The summed E-state index contributed by atoms with van der Waals surface area (Å²) in [5.74, 6) is -0.330. The summed E-state index contributed by atoms with van der Waals surface area (Å²) in [6.45, 7) is 1.55. The number of fused-ring (bicyclic) bond motifs is 1. The molecule has 4 aromatic rings. The first kappa shape index (κ1) is 20.5. The normalized spacial score (nSPS) is 12.1. The minimum Gasteiger partial charge on any atom is -0.383 e. The average Bonchev–Trinajstić information content (AvgIpc) is 3.39. The van der Waals surface area contributed by atoms with E-state index in [1.807, 2.05) is 28.8 Å². The molecule has 2 aromatic heterocycles. The quantitative estimate of drug-likeness (QED) is 0.454. The second-order valence-electron chi connectivity index (χ2n) is 7.07. The molecule has 160 valence electrons. The number of rotatable bonds is 8. The zero-order valence-electron chi connectivity index (χ0n) is 17.0. The molecule has 0 aliphatic rings. The second-order valence-corrected chi connectivity index (χ2v) is 7.07. The fraction of sp³-hybridized carbons (Fsp3) is 0.227. The van der Waals surface area contributed by atoms with E-state index >= 15 is 0 Å². The van der Waals surface area contributed by atoms with E-state index in [0.717, 1.165) is 16.6 Å². The van der Waals surface area contributed by atoms with Gasteiger partial charge in [-0.2, -0.15) is 5.10 Å². The number of ether oxygens (including phenoxy) is 1. The number of hydrogen-bond donors (Lipinski definition) is 2. The molecule has 1 unspecified atom stereocenters. The number of urea groups is 1. The van der Waals surface area contributed by atoms with E-state index in [1.54, 1.807) is 42.6 Å². The van der Waals surface area contributed by atoms with Crippen LogP contribution >= 0.6 is 0 Å². The third-order valence-electron chi connectivity index (χ3n) is 4.90. The Morgan fingerprint density at radius 2 is 2.00 bits per heavy atom. The highest BCUT2D eigenvalue weighted by Crippen LogP contribution is 2.20. The lowest BCUT2D eigenvalue weighted by molar-refractivity contribution is 0.183. The van der Waals surface area contributed by atoms with Gasteiger partial charge in [0.25, 0.3) is 0 Å². The monoisotopic (exact) mass is 422 g/mol. The standard InChI is InChI=1S/C22H23FN6O2/c1-31-11-10-29-13-18(12-25-29)26-22(30)27-20(16-6-8-17(23)9-7-16)14-28-15-24-19-4-2-3-5-21(19)28/h2-9,12-13,15,20H,10-11,14H2,1H3,(H2,26,27,30). The molecule has 0 saturated heterocycles. The van der Waals surface area contributed by atoms with E-state index in [2.05, 4.69) is 20.7 Å². The van der Waals surface area contributed by atoms with Crippen molar-refractivity contribution in [2.24, 2.45) is 0 Å². The van der Waals surface area contributed by atoms with Crippen molar-refractivity contribution in [3.05, 3.63) is 78.6 Å². The number of para-hydroxylation sites is 2. The van der Waals surface area contributed by atoms with Crippen molar-refractivity contribution < 1.29 is 13.9 Å². The lowest BCUT2D eigenvalue weighted by Crippen LogP contribution is -2.34. The molecule has 8 nitrogen and oxygen atoms in total. The first-order chi connectivity index (χ1) is 15.1. The van der Waals surface area contributed by atoms with Crippen molar-refractivity contribution in [1.29, 1.82) is 0 Å². The molecule has 0 saturated carbocycles. The number of nitrogens with one attached hydrogen (secondary N) is 2. The van der Waals surface area contributed by atoms with Crippen LogP contribution in [0.15, 0.2) is 67.3 Å². The molecule has 31 heavy (non-hydrogen) atoms. The van der Waals surface area contributed by atoms with Gasteiger partial charge in [-0.25, -0.2) is 14.2 Å². The predicted octanol–water partition coefficient (Wildman–Crippen LogP) is 3.58. The fourth-order valence-corrected chi connectivity index (χ4v) is 3.34. The number of anilines is 1. The average molecular weight is 422 g/mol. The molecule has 0 spiro atoms. The second kappa shape index (κ2) is 9.40. The van der Waals surface area contributed by atoms with Gasteiger partial charge in [0.05, 0.1) is 48.4 Å². The van der Waals surface area contributed by atoms with E-state index in [0.29, 0.717) is 25.4 Å². The molecule has 0 radical (unpaired) electrons. The van der Waals surface area contributed by atoms with Gasteiger partial charge in [-0.15, -0.1) is 0 Å². The van der Waals surface area contributed by atoms with Crippen molar-refractivity contribution in [3.8, 4) is 0 Å². The molecule has 1 atom stereocenters. The number of aromatic nitrogens is 4. The van der Waals surface area contributed by atoms with Gasteiger partial charge < -0.3 is 19.9 Å². The lowest BCUT2D eigenvalue weighted by atomic mass is 10.1. The van der Waals surface area contributed by atoms with E-state index in [1.165, 1.54) is 12.1 Å². The van der Waals surface area contributed by atoms with Crippen LogP contribution < -0.4 is 10.6 Å². The number of methoxy groups -OCH3 is 1. The topological polar surface area (TPSA) is 86.0 Å². The van der Waals surface area contributed by atoms with Crippen LogP contribution in [0.5, 0.6) is 0 Å². The number of nitrogens with zero attached hydrogens (tertiary/aromatic N) is 4. The smallest absolute Gasteiger partial charge is 0.319 e. The van der Waals surface area contributed by atoms with Gasteiger partial charge in [0.1, 0.15) is 5.82 Å². The summed E-state index contributed by atoms with van der Waals surface area (Å²) in [4.78, 5) is 17.1. The van der Waals surface area contributed by atoms with Crippen LogP contribution in [-0.2, 0) is 17.8 Å². The van der Waals surface area contributed by atoms with E-state index in [4.69, 9.17) is 4.74 Å². The number of carbonyl (C=O) groups is 1. The van der Waals surface area contributed by atoms with Gasteiger partial charge in [0.15, 0.2) is 0 Å². The van der Waals surface area contributed by atoms with Crippen molar-refractivity contribution in [1.82, 2.24) is 24.6 Å². The molecule has 0 aliphatic heterocycles. The van der Waals surface area contributed by atoms with Gasteiger partial charge in [-0.3, -0.25) is 4.68 Å². The Morgan fingerprint density at radius 3 is 2.81 bits per heavy atom. The maximum atomic E-state index is 13.4. The number of carbonyl (C=O) groups excluding carboxylic acids is 1. The van der Waals surface area contributed by atoms with Crippen LogP contribution in [0, 0.1) is 5.82 Å². The summed E-state index contributed by atoms with van der Waals surface area (Å²) < 4.78 is 22.1. The molecule has 0 bridgehead atoms. The van der Waals surface area contributed by atoms with Crippen LogP contribution in [0.25, 0.3) is 11.0 Å². The summed E-state index contributed by atoms with van der Waals surface area (Å²) in [5, 5.41) is 9.96. The number of hydrogen-bond acceptors (Lipinski definition) is 4. The van der Waals surface area contributed by atoms with Crippen molar-refractivity contribution in [2.75, 3.05) is 19.0 Å². The summed E-state index contributed by atoms with van der Waals surface area (Å²) >= 11 is 0. The minimum atomic E-state index is -0.401. The molecule has 2 heterocycles. The maximum absolute atomic E-state index is 13.4. The Hall–Kier alpha value is -3.72. The van der Waals surface area contributed by atoms with E-state index < -0.39 is 6.04 Å². The molecule has 2 aromatic carbocycles. The SMILES string of the molecule is COCCn1cc(NC(=O)NC(Cn2cnc3ccccc32)c2ccc(F)cc2)cn1. The summed E-state index contributed by atoms with van der Waals surface area (Å²) in [6, 6.07) is 13.1. The fourth-order valence-electron chi connectivity index (χ4n) is 3.34. The minimum absolute atomic E-state index is 0.330. The number of imidazole rings is 1. The molecule has 9 heteroatoms. The van der Waals surface area contributed by atoms with Crippen molar-refractivity contribution >= 4 is 22.8 Å². The largest absolute Gasteiger partial charge is 0.383 e. The van der Waals surface area contributed by atoms with E-state index in [9.17, 15) is 9.18 Å². The molecule has 2 amide bonds. The van der Waals surface area contributed by atoms with Gasteiger partial charge in [0.2, 0.25) is 0 Å². The Morgan fingerprint density at radius 1 is 1.19 bits per heavy atom. The van der Waals surface area contributed by atoms with Crippen LogP contribution in [0.2, 0.25) is 0 Å². The molecule has 4 rings (SSSR count). The van der Waals surface area contributed by atoms with Crippen molar-refractivity contribution in [2.45, 2.75) is 19.1 Å². The van der Waals surface area contributed by atoms with Crippen LogP contribution in [0.4, 0.5) is 14.9 Å².